The molecule has 2 N–H and O–H groups in total. The van der Waals surface area contributed by atoms with E-state index in [1.165, 1.54) is 6.21 Å². The standard InChI is InChI=1S/C16H16N2O3/c1-12-6-5-7-13(16(12)20)10-17-18-15(19)11-21-14-8-3-2-4-9-14/h2-10,20H,11H2,1H3,(H,18,19)/b17-10+. The van der Waals surface area contributed by atoms with Gasteiger partial charge in [-0.2, -0.15) is 5.10 Å². The summed E-state index contributed by atoms with van der Waals surface area (Å²) in [6, 6.07) is 14.3. The predicted molar refractivity (Wildman–Crippen MR) is 80.5 cm³/mol. The molecule has 0 saturated carbocycles. The molecule has 2 aromatic carbocycles. The van der Waals surface area contributed by atoms with Gasteiger partial charge in [0.25, 0.3) is 5.91 Å². The van der Waals surface area contributed by atoms with Crippen molar-refractivity contribution in [2.75, 3.05) is 6.61 Å². The maximum Gasteiger partial charge on any atom is 0.277 e. The van der Waals surface area contributed by atoms with E-state index in [9.17, 15) is 9.90 Å². The fraction of sp³-hybridized carbons (Fsp3) is 0.125. The van der Waals surface area contributed by atoms with Crippen LogP contribution >= 0.6 is 0 Å². The van der Waals surface area contributed by atoms with Crippen molar-refractivity contribution >= 4 is 12.1 Å². The number of carbonyl (C=O) groups is 1. The van der Waals surface area contributed by atoms with Crippen LogP contribution < -0.4 is 10.2 Å². The molecule has 2 aromatic rings. The van der Waals surface area contributed by atoms with E-state index in [2.05, 4.69) is 10.5 Å². The Kier molecular flexibility index (Phi) is 4.93. The number of nitrogens with zero attached hydrogens (tertiary/aromatic N) is 1. The van der Waals surface area contributed by atoms with Gasteiger partial charge in [0.2, 0.25) is 0 Å². The second kappa shape index (κ2) is 7.09. The number of para-hydroxylation sites is 2. The van der Waals surface area contributed by atoms with Crippen LogP contribution in [0.25, 0.3) is 0 Å². The first-order chi connectivity index (χ1) is 10.2. The number of aryl methyl sites for hydroxylation is 1. The van der Waals surface area contributed by atoms with Gasteiger partial charge < -0.3 is 9.84 Å². The predicted octanol–water partition coefficient (Wildman–Crippen LogP) is 2.23. The molecule has 0 aliphatic rings. The van der Waals surface area contributed by atoms with Gasteiger partial charge in [-0.1, -0.05) is 30.3 Å². The number of ether oxygens (including phenoxy) is 1. The molecule has 1 amide bonds. The molecule has 0 heterocycles. The molecule has 0 aliphatic heterocycles. The van der Waals surface area contributed by atoms with E-state index in [0.717, 1.165) is 5.56 Å². The lowest BCUT2D eigenvalue weighted by molar-refractivity contribution is -0.123. The van der Waals surface area contributed by atoms with Crippen LogP contribution in [0.15, 0.2) is 53.6 Å². The summed E-state index contributed by atoms with van der Waals surface area (Å²) in [7, 11) is 0. The van der Waals surface area contributed by atoms with Gasteiger partial charge in [-0.25, -0.2) is 5.43 Å². The third kappa shape index (κ3) is 4.35. The summed E-state index contributed by atoms with van der Waals surface area (Å²) in [5.74, 6) is 0.395. The first kappa shape index (κ1) is 14.6. The van der Waals surface area contributed by atoms with Crippen molar-refractivity contribution < 1.29 is 14.6 Å². The van der Waals surface area contributed by atoms with Crippen LogP contribution in [0.4, 0.5) is 0 Å². The number of hydrazone groups is 1. The highest BCUT2D eigenvalue weighted by Gasteiger charge is 2.02. The van der Waals surface area contributed by atoms with Crippen LogP contribution in [0.5, 0.6) is 11.5 Å². The second-order valence-electron chi connectivity index (χ2n) is 4.41. The topological polar surface area (TPSA) is 70.9 Å². The molecule has 0 bridgehead atoms. The summed E-state index contributed by atoms with van der Waals surface area (Å²) in [4.78, 5) is 11.5. The largest absolute Gasteiger partial charge is 0.507 e. The summed E-state index contributed by atoms with van der Waals surface area (Å²) in [5.41, 5.74) is 3.63. The molecule has 5 heteroatoms. The van der Waals surface area contributed by atoms with Gasteiger partial charge in [0.15, 0.2) is 6.61 Å². The maximum atomic E-state index is 11.5. The van der Waals surface area contributed by atoms with Crippen LogP contribution in [0.3, 0.4) is 0 Å². The van der Waals surface area contributed by atoms with Gasteiger partial charge in [0, 0.05) is 5.56 Å². The second-order valence-corrected chi connectivity index (χ2v) is 4.41. The Labute approximate surface area is 122 Å². The van der Waals surface area contributed by atoms with Gasteiger partial charge in [0.05, 0.1) is 6.21 Å². The third-order valence-corrected chi connectivity index (χ3v) is 2.77. The normalized spacial score (nSPS) is 10.5. The average Bonchev–Trinajstić information content (AvgIpc) is 2.50. The highest BCUT2D eigenvalue weighted by atomic mass is 16.5. The van der Waals surface area contributed by atoms with Crippen molar-refractivity contribution in [3.05, 3.63) is 59.7 Å². The Bertz CT molecular complexity index is 639. The summed E-state index contributed by atoms with van der Waals surface area (Å²) in [6.07, 6.45) is 1.39. The molecule has 0 saturated heterocycles. The number of phenols is 1. The van der Waals surface area contributed by atoms with Crippen molar-refractivity contribution in [3.8, 4) is 11.5 Å². The number of phenolic OH excluding ortho intramolecular Hbond substituents is 1. The minimum Gasteiger partial charge on any atom is -0.507 e. The zero-order valence-corrected chi connectivity index (χ0v) is 11.6. The fourth-order valence-corrected chi connectivity index (χ4v) is 1.66. The highest BCUT2D eigenvalue weighted by molar-refractivity contribution is 5.85. The lowest BCUT2D eigenvalue weighted by Crippen LogP contribution is -2.24. The van der Waals surface area contributed by atoms with Gasteiger partial charge >= 0.3 is 0 Å². The molecule has 0 atom stereocenters. The Morgan fingerprint density at radius 1 is 1.24 bits per heavy atom. The monoisotopic (exact) mass is 284 g/mol. The van der Waals surface area contributed by atoms with Crippen LogP contribution in [0, 0.1) is 6.92 Å². The van der Waals surface area contributed by atoms with Crippen molar-refractivity contribution in [2.24, 2.45) is 5.10 Å². The first-order valence-corrected chi connectivity index (χ1v) is 6.45. The summed E-state index contributed by atoms with van der Waals surface area (Å²) in [5, 5.41) is 13.6. The number of nitrogens with one attached hydrogen (secondary N) is 1. The van der Waals surface area contributed by atoms with E-state index >= 15 is 0 Å². The fourth-order valence-electron chi connectivity index (χ4n) is 1.66. The molecular formula is C16H16N2O3. The van der Waals surface area contributed by atoms with Crippen LogP contribution in [0.2, 0.25) is 0 Å². The number of carbonyl (C=O) groups excluding carboxylic acids is 1. The first-order valence-electron chi connectivity index (χ1n) is 6.45. The summed E-state index contributed by atoms with van der Waals surface area (Å²) >= 11 is 0. The molecule has 0 spiro atoms. The van der Waals surface area contributed by atoms with Crippen LogP contribution in [-0.4, -0.2) is 23.8 Å². The van der Waals surface area contributed by atoms with E-state index in [-0.39, 0.29) is 18.3 Å². The number of benzene rings is 2. The highest BCUT2D eigenvalue weighted by Crippen LogP contribution is 2.19. The van der Waals surface area contributed by atoms with E-state index in [1.54, 1.807) is 37.3 Å². The number of hydrogen-bond acceptors (Lipinski definition) is 4. The smallest absolute Gasteiger partial charge is 0.277 e. The number of hydrogen-bond donors (Lipinski definition) is 2. The molecule has 21 heavy (non-hydrogen) atoms. The minimum absolute atomic E-state index is 0.124. The van der Waals surface area contributed by atoms with Crippen molar-refractivity contribution in [3.63, 3.8) is 0 Å². The Hall–Kier alpha value is -2.82. The summed E-state index contributed by atoms with van der Waals surface area (Å²) < 4.78 is 5.28. The molecule has 0 aliphatic carbocycles. The molecule has 2 rings (SSSR count). The average molecular weight is 284 g/mol. The quantitative estimate of drug-likeness (QED) is 0.653. The van der Waals surface area contributed by atoms with E-state index < -0.39 is 0 Å². The lowest BCUT2D eigenvalue weighted by Gasteiger charge is -2.04. The molecule has 0 unspecified atom stereocenters. The number of amides is 1. The van der Waals surface area contributed by atoms with Crippen molar-refractivity contribution in [1.29, 1.82) is 0 Å². The van der Waals surface area contributed by atoms with E-state index in [0.29, 0.717) is 11.3 Å². The van der Waals surface area contributed by atoms with Gasteiger partial charge in [-0.05, 0) is 30.7 Å². The van der Waals surface area contributed by atoms with Gasteiger partial charge in [-0.15, -0.1) is 0 Å². The SMILES string of the molecule is Cc1cccc(/C=N/NC(=O)COc2ccccc2)c1O. The Balaban J connectivity index is 1.83. The van der Waals surface area contributed by atoms with E-state index in [4.69, 9.17) is 4.74 Å². The van der Waals surface area contributed by atoms with E-state index in [1.807, 2.05) is 18.2 Å². The van der Waals surface area contributed by atoms with Gasteiger partial charge in [0.1, 0.15) is 11.5 Å². The van der Waals surface area contributed by atoms with Gasteiger partial charge in [-0.3, -0.25) is 4.79 Å². The number of rotatable bonds is 5. The maximum absolute atomic E-state index is 11.5. The van der Waals surface area contributed by atoms with Crippen LogP contribution in [-0.2, 0) is 4.79 Å². The third-order valence-electron chi connectivity index (χ3n) is 2.77. The molecule has 0 radical (unpaired) electrons. The van der Waals surface area contributed by atoms with Crippen molar-refractivity contribution in [1.82, 2.24) is 5.43 Å². The lowest BCUT2D eigenvalue weighted by atomic mass is 10.1. The minimum atomic E-state index is -0.373. The molecular weight excluding hydrogens is 268 g/mol. The molecule has 108 valence electrons. The molecule has 5 nitrogen and oxygen atoms in total. The zero-order chi connectivity index (χ0) is 15.1. The Morgan fingerprint density at radius 2 is 2.00 bits per heavy atom. The number of aromatic hydroxyl groups is 1. The molecule has 0 fully saturated rings. The van der Waals surface area contributed by atoms with Crippen LogP contribution in [0.1, 0.15) is 11.1 Å². The zero-order valence-electron chi connectivity index (χ0n) is 11.6. The molecule has 0 aromatic heterocycles. The Morgan fingerprint density at radius 3 is 2.76 bits per heavy atom. The van der Waals surface area contributed by atoms with Crippen molar-refractivity contribution in [2.45, 2.75) is 6.92 Å². The summed E-state index contributed by atoms with van der Waals surface area (Å²) in [6.45, 7) is 1.67.